The van der Waals surface area contributed by atoms with Gasteiger partial charge < -0.3 is 10.2 Å². The van der Waals surface area contributed by atoms with Crippen LogP contribution in [0.15, 0.2) is 30.3 Å². The van der Waals surface area contributed by atoms with Gasteiger partial charge >= 0.3 is 11.9 Å². The number of carbonyl (C=O) groups is 2. The number of benzene rings is 1. The highest BCUT2D eigenvalue weighted by atomic mass is 16.4. The van der Waals surface area contributed by atoms with Crippen LogP contribution in [0, 0.1) is 17.3 Å². The maximum absolute atomic E-state index is 11.4. The van der Waals surface area contributed by atoms with Crippen molar-refractivity contribution in [2.75, 3.05) is 0 Å². The van der Waals surface area contributed by atoms with Gasteiger partial charge in [0.1, 0.15) is 0 Å². The first kappa shape index (κ1) is 20.2. The van der Waals surface area contributed by atoms with Crippen molar-refractivity contribution in [3.8, 4) is 0 Å². The van der Waals surface area contributed by atoms with E-state index in [4.69, 9.17) is 0 Å². The molecule has 0 fully saturated rings. The second-order valence-electron chi connectivity index (χ2n) is 7.62. The Balaban J connectivity index is 2.38. The van der Waals surface area contributed by atoms with Crippen molar-refractivity contribution in [2.24, 2.45) is 17.3 Å². The smallest absolute Gasteiger partial charge is 0.307 e. The number of unbranched alkanes of at least 4 members (excludes halogenated alkanes) is 2. The lowest BCUT2D eigenvalue weighted by Crippen LogP contribution is -2.28. The maximum Gasteiger partial charge on any atom is 0.307 e. The SMILES string of the molecule is CC(C)(C)C(CCCCCC(Cc1ccccc1)C(=O)O)C(=O)O. The minimum absolute atomic E-state index is 0.247. The van der Waals surface area contributed by atoms with Gasteiger partial charge in [0.05, 0.1) is 11.8 Å². The van der Waals surface area contributed by atoms with E-state index in [1.165, 1.54) is 0 Å². The van der Waals surface area contributed by atoms with Crippen LogP contribution in [0.5, 0.6) is 0 Å². The van der Waals surface area contributed by atoms with Gasteiger partial charge in [0.2, 0.25) is 0 Å². The predicted octanol–water partition coefficient (Wildman–Crippen LogP) is 4.63. The lowest BCUT2D eigenvalue weighted by Gasteiger charge is -2.27. The van der Waals surface area contributed by atoms with Crippen molar-refractivity contribution < 1.29 is 19.8 Å². The third-order valence-electron chi connectivity index (χ3n) is 4.56. The molecule has 0 aliphatic carbocycles. The zero-order valence-electron chi connectivity index (χ0n) is 15.0. The molecule has 0 heterocycles. The van der Waals surface area contributed by atoms with E-state index in [1.807, 2.05) is 51.1 Å². The zero-order chi connectivity index (χ0) is 18.2. The molecule has 2 unspecified atom stereocenters. The van der Waals surface area contributed by atoms with Gasteiger partial charge in [0.25, 0.3) is 0 Å². The van der Waals surface area contributed by atoms with Crippen LogP contribution in [-0.2, 0) is 16.0 Å². The maximum atomic E-state index is 11.4. The normalized spacial score (nSPS) is 14.1. The van der Waals surface area contributed by atoms with Crippen LogP contribution >= 0.6 is 0 Å². The van der Waals surface area contributed by atoms with E-state index in [2.05, 4.69) is 0 Å². The topological polar surface area (TPSA) is 74.6 Å². The number of carboxylic acids is 2. The molecule has 2 atom stereocenters. The van der Waals surface area contributed by atoms with Crippen molar-refractivity contribution in [1.29, 1.82) is 0 Å². The molecule has 134 valence electrons. The minimum atomic E-state index is -0.753. The van der Waals surface area contributed by atoms with E-state index in [-0.39, 0.29) is 17.3 Å². The number of rotatable bonds is 10. The van der Waals surface area contributed by atoms with E-state index in [9.17, 15) is 19.8 Å². The van der Waals surface area contributed by atoms with Crippen LogP contribution in [0.1, 0.15) is 58.4 Å². The average molecular weight is 334 g/mol. The summed E-state index contributed by atoms with van der Waals surface area (Å²) in [5.41, 5.74) is 0.798. The molecule has 0 amide bonds. The summed E-state index contributed by atoms with van der Waals surface area (Å²) in [6.07, 6.45) is 4.35. The zero-order valence-corrected chi connectivity index (χ0v) is 15.0. The quantitative estimate of drug-likeness (QED) is 0.612. The molecule has 0 aliphatic heterocycles. The molecule has 4 nitrogen and oxygen atoms in total. The fourth-order valence-corrected chi connectivity index (χ4v) is 3.05. The summed E-state index contributed by atoms with van der Waals surface area (Å²) < 4.78 is 0. The van der Waals surface area contributed by atoms with Gasteiger partial charge in [-0.1, -0.05) is 70.4 Å². The van der Waals surface area contributed by atoms with E-state index in [1.54, 1.807) is 0 Å². The minimum Gasteiger partial charge on any atom is -0.481 e. The van der Waals surface area contributed by atoms with Crippen LogP contribution in [0.25, 0.3) is 0 Å². The van der Waals surface area contributed by atoms with Crippen LogP contribution in [-0.4, -0.2) is 22.2 Å². The second kappa shape index (κ2) is 9.45. The second-order valence-corrected chi connectivity index (χ2v) is 7.62. The van der Waals surface area contributed by atoms with Crippen molar-refractivity contribution in [3.63, 3.8) is 0 Å². The number of hydrogen-bond acceptors (Lipinski definition) is 2. The summed E-state index contributed by atoms with van der Waals surface area (Å²) >= 11 is 0. The van der Waals surface area contributed by atoms with Crippen molar-refractivity contribution in [3.05, 3.63) is 35.9 Å². The fourth-order valence-electron chi connectivity index (χ4n) is 3.05. The van der Waals surface area contributed by atoms with Crippen molar-refractivity contribution >= 4 is 11.9 Å². The molecule has 1 rings (SSSR count). The summed E-state index contributed by atoms with van der Waals surface area (Å²) in [5.74, 6) is -2.21. The van der Waals surface area contributed by atoms with Crippen molar-refractivity contribution in [1.82, 2.24) is 0 Å². The lowest BCUT2D eigenvalue weighted by molar-refractivity contribution is -0.146. The molecule has 4 heteroatoms. The standard InChI is InChI=1S/C20H30O4/c1-20(2,3)17(19(23)24)13-9-5-8-12-16(18(21)22)14-15-10-6-4-7-11-15/h4,6-7,10-11,16-17H,5,8-9,12-14H2,1-3H3,(H,21,22)(H,23,24). The Hall–Kier alpha value is -1.84. The molecule has 0 aromatic heterocycles. The molecular weight excluding hydrogens is 304 g/mol. The summed E-state index contributed by atoms with van der Waals surface area (Å²) in [6.45, 7) is 5.85. The molecule has 0 saturated carbocycles. The molecule has 0 radical (unpaired) electrons. The summed E-state index contributed by atoms with van der Waals surface area (Å²) in [7, 11) is 0. The Bertz CT molecular complexity index is 516. The highest BCUT2D eigenvalue weighted by Crippen LogP contribution is 2.30. The Morgan fingerprint density at radius 1 is 0.917 bits per heavy atom. The molecule has 0 saturated heterocycles. The number of hydrogen-bond donors (Lipinski definition) is 2. The first-order valence-electron chi connectivity index (χ1n) is 8.71. The first-order chi connectivity index (χ1) is 11.2. The number of carboxylic acid groups (broad SMARTS) is 2. The van der Waals surface area contributed by atoms with E-state index >= 15 is 0 Å². The summed E-state index contributed by atoms with van der Waals surface area (Å²) in [6, 6.07) is 9.68. The van der Waals surface area contributed by atoms with Gasteiger partial charge in [-0.05, 0) is 30.2 Å². The first-order valence-corrected chi connectivity index (χ1v) is 8.71. The fraction of sp³-hybridized carbons (Fsp3) is 0.600. The van der Waals surface area contributed by atoms with Gasteiger partial charge in [0.15, 0.2) is 0 Å². The Kier molecular flexibility index (Phi) is 7.96. The molecule has 24 heavy (non-hydrogen) atoms. The molecular formula is C20H30O4. The van der Waals surface area contributed by atoms with Gasteiger partial charge in [-0.15, -0.1) is 0 Å². The highest BCUT2D eigenvalue weighted by molar-refractivity contribution is 5.71. The molecule has 2 N–H and O–H groups in total. The Morgan fingerprint density at radius 3 is 2.00 bits per heavy atom. The Morgan fingerprint density at radius 2 is 1.50 bits per heavy atom. The highest BCUT2D eigenvalue weighted by Gasteiger charge is 2.30. The molecule has 0 bridgehead atoms. The summed E-state index contributed by atoms with van der Waals surface area (Å²) in [4.78, 5) is 22.8. The third kappa shape index (κ3) is 7.16. The largest absolute Gasteiger partial charge is 0.481 e. The van der Waals surface area contributed by atoms with Crippen LogP contribution in [0.3, 0.4) is 0 Å². The molecule has 1 aromatic carbocycles. The lowest BCUT2D eigenvalue weighted by atomic mass is 9.78. The Labute approximate surface area is 144 Å². The monoisotopic (exact) mass is 334 g/mol. The van der Waals surface area contributed by atoms with Gasteiger partial charge in [0, 0.05) is 0 Å². The molecule has 0 aliphatic rings. The molecule has 1 aromatic rings. The number of aliphatic carboxylic acids is 2. The third-order valence-corrected chi connectivity index (χ3v) is 4.56. The van der Waals surface area contributed by atoms with Crippen molar-refractivity contribution in [2.45, 2.75) is 59.3 Å². The van der Waals surface area contributed by atoms with Gasteiger partial charge in [-0.3, -0.25) is 9.59 Å². The van der Waals surface area contributed by atoms with Gasteiger partial charge in [-0.25, -0.2) is 0 Å². The molecule has 0 spiro atoms. The van der Waals surface area contributed by atoms with Crippen LogP contribution in [0.4, 0.5) is 0 Å². The van der Waals surface area contributed by atoms with E-state index in [0.29, 0.717) is 19.3 Å². The van der Waals surface area contributed by atoms with Crippen LogP contribution < -0.4 is 0 Å². The van der Waals surface area contributed by atoms with Gasteiger partial charge in [-0.2, -0.15) is 0 Å². The van der Waals surface area contributed by atoms with E-state index < -0.39 is 11.9 Å². The predicted molar refractivity (Wildman–Crippen MR) is 94.9 cm³/mol. The average Bonchev–Trinajstić information content (AvgIpc) is 2.48. The van der Waals surface area contributed by atoms with E-state index in [0.717, 1.165) is 24.8 Å². The van der Waals surface area contributed by atoms with Crippen LogP contribution in [0.2, 0.25) is 0 Å². The summed E-state index contributed by atoms with van der Waals surface area (Å²) in [5, 5.41) is 18.7.